The number of carbonyl (C=O) groups is 2. The number of halogens is 1. The Labute approximate surface area is 197 Å². The van der Waals surface area contributed by atoms with Crippen LogP contribution in [-0.4, -0.2) is 46.7 Å². The van der Waals surface area contributed by atoms with Crippen LogP contribution >= 0.6 is 11.6 Å². The third kappa shape index (κ3) is 6.72. The summed E-state index contributed by atoms with van der Waals surface area (Å²) in [7, 11) is 0. The fourth-order valence-electron chi connectivity index (χ4n) is 3.43. The minimum Gasteiger partial charge on any atom is -0.396 e. The molecule has 1 aromatic heterocycles. The fraction of sp³-hybridized carbons (Fsp3) is 0.292. The lowest BCUT2D eigenvalue weighted by molar-refractivity contribution is -0.137. The third-order valence-electron chi connectivity index (χ3n) is 5.14. The summed E-state index contributed by atoms with van der Waals surface area (Å²) in [6.45, 7) is 1.76. The van der Waals surface area contributed by atoms with E-state index < -0.39 is 6.04 Å². The summed E-state index contributed by atoms with van der Waals surface area (Å²) < 4.78 is 0. The summed E-state index contributed by atoms with van der Waals surface area (Å²) in [6.07, 6.45) is 3.13. The van der Waals surface area contributed by atoms with Crippen LogP contribution in [0.3, 0.4) is 0 Å². The zero-order valence-electron chi connectivity index (χ0n) is 18.4. The van der Waals surface area contributed by atoms with Gasteiger partial charge >= 0.3 is 0 Å². The zero-order chi connectivity index (χ0) is 23.6. The van der Waals surface area contributed by atoms with Gasteiger partial charge in [-0.1, -0.05) is 54.1 Å². The molecule has 0 saturated carbocycles. The smallest absolute Gasteiger partial charge is 0.239 e. The fourth-order valence-corrected chi connectivity index (χ4v) is 3.64. The zero-order valence-corrected chi connectivity index (χ0v) is 19.1. The quantitative estimate of drug-likeness (QED) is 0.311. The number of pyridine rings is 1. The first-order chi connectivity index (χ1) is 16.0. The summed E-state index contributed by atoms with van der Waals surface area (Å²) >= 11 is 6.23. The molecule has 0 fully saturated rings. The number of hydrogen-bond donors (Lipinski definition) is 2. The van der Waals surface area contributed by atoms with Crippen molar-refractivity contribution in [3.05, 3.63) is 71.4 Å². The van der Waals surface area contributed by atoms with Crippen LogP contribution in [0.1, 0.15) is 25.3 Å². The lowest BCUT2D eigenvalue weighted by atomic mass is 10.1. The van der Waals surface area contributed by atoms with Crippen molar-refractivity contribution in [3.63, 3.8) is 0 Å². The van der Waals surface area contributed by atoms with E-state index in [4.69, 9.17) is 16.4 Å². The number of amides is 2. The molecule has 2 amide bonds. The minimum atomic E-state index is -0.444. The number of nitrogens with zero attached hydrogens (tertiary/aromatic N) is 3. The SMILES string of the molecule is CC(=O)N(NCc1ccccc1Cl)[C@@H](CCCO)CON(C=O)c1cc2ccccc2cn1. The molecule has 9 heteroatoms. The Morgan fingerprint density at radius 3 is 2.64 bits per heavy atom. The first-order valence-corrected chi connectivity index (χ1v) is 11.0. The molecule has 2 aromatic carbocycles. The second-order valence-corrected chi connectivity index (χ2v) is 7.86. The maximum Gasteiger partial charge on any atom is 0.239 e. The molecule has 0 saturated heterocycles. The number of fused-ring (bicyclic) bond motifs is 1. The molecule has 1 atom stereocenters. The highest BCUT2D eigenvalue weighted by Crippen LogP contribution is 2.20. The van der Waals surface area contributed by atoms with Gasteiger partial charge in [0.25, 0.3) is 0 Å². The predicted molar refractivity (Wildman–Crippen MR) is 127 cm³/mol. The van der Waals surface area contributed by atoms with Crippen LogP contribution in [0, 0.1) is 0 Å². The van der Waals surface area contributed by atoms with Crippen molar-refractivity contribution < 1.29 is 19.5 Å². The van der Waals surface area contributed by atoms with Crippen molar-refractivity contribution in [2.45, 2.75) is 32.4 Å². The summed E-state index contributed by atoms with van der Waals surface area (Å²) in [4.78, 5) is 34.2. The van der Waals surface area contributed by atoms with Gasteiger partial charge in [0, 0.05) is 36.7 Å². The van der Waals surface area contributed by atoms with E-state index in [2.05, 4.69) is 10.4 Å². The molecule has 0 spiro atoms. The Hall–Kier alpha value is -3.04. The number of rotatable bonds is 12. The third-order valence-corrected chi connectivity index (χ3v) is 5.51. The van der Waals surface area contributed by atoms with Crippen molar-refractivity contribution in [2.24, 2.45) is 0 Å². The van der Waals surface area contributed by atoms with E-state index in [1.165, 1.54) is 11.9 Å². The highest BCUT2D eigenvalue weighted by Gasteiger charge is 2.23. The van der Waals surface area contributed by atoms with E-state index in [1.807, 2.05) is 42.5 Å². The summed E-state index contributed by atoms with van der Waals surface area (Å²) in [5, 5.41) is 14.3. The van der Waals surface area contributed by atoms with E-state index in [9.17, 15) is 14.7 Å². The molecule has 3 aromatic rings. The number of aromatic nitrogens is 1. The van der Waals surface area contributed by atoms with Crippen molar-refractivity contribution in [1.82, 2.24) is 15.4 Å². The highest BCUT2D eigenvalue weighted by molar-refractivity contribution is 6.31. The minimum absolute atomic E-state index is 0.0162. The van der Waals surface area contributed by atoms with Gasteiger partial charge in [0.2, 0.25) is 12.3 Å². The summed E-state index contributed by atoms with van der Waals surface area (Å²) in [6, 6.07) is 16.3. The average molecular weight is 471 g/mol. The molecule has 3 rings (SSSR count). The van der Waals surface area contributed by atoms with Gasteiger partial charge in [0.05, 0.1) is 12.6 Å². The molecule has 0 aliphatic rings. The van der Waals surface area contributed by atoms with Crippen molar-refractivity contribution in [1.29, 1.82) is 0 Å². The Kier molecular flexibility index (Phi) is 9.14. The van der Waals surface area contributed by atoms with Crippen LogP contribution < -0.4 is 10.5 Å². The van der Waals surface area contributed by atoms with E-state index in [-0.39, 0.29) is 19.1 Å². The molecule has 174 valence electrons. The molecule has 8 nitrogen and oxygen atoms in total. The normalized spacial score (nSPS) is 11.8. The second kappa shape index (κ2) is 12.3. The number of hydrazine groups is 1. The number of aliphatic hydroxyl groups excluding tert-OH is 1. The van der Waals surface area contributed by atoms with Crippen LogP contribution in [0.15, 0.2) is 60.8 Å². The topological polar surface area (TPSA) is 95.0 Å². The molecule has 0 bridgehead atoms. The Bertz CT molecular complexity index is 1080. The Morgan fingerprint density at radius 2 is 1.94 bits per heavy atom. The van der Waals surface area contributed by atoms with Gasteiger partial charge in [-0.05, 0) is 35.9 Å². The van der Waals surface area contributed by atoms with E-state index >= 15 is 0 Å². The molecular weight excluding hydrogens is 444 g/mol. The monoisotopic (exact) mass is 470 g/mol. The number of benzene rings is 2. The molecule has 1 heterocycles. The van der Waals surface area contributed by atoms with E-state index in [0.29, 0.717) is 36.6 Å². The highest BCUT2D eigenvalue weighted by atomic mass is 35.5. The number of hydrogen-bond acceptors (Lipinski definition) is 6. The first-order valence-electron chi connectivity index (χ1n) is 10.6. The lowest BCUT2D eigenvalue weighted by Crippen LogP contribution is -2.51. The molecule has 33 heavy (non-hydrogen) atoms. The second-order valence-electron chi connectivity index (χ2n) is 7.45. The molecule has 2 N–H and O–H groups in total. The van der Waals surface area contributed by atoms with Gasteiger partial charge in [-0.2, -0.15) is 5.06 Å². The van der Waals surface area contributed by atoms with E-state index in [1.54, 1.807) is 18.3 Å². The van der Waals surface area contributed by atoms with Gasteiger partial charge in [-0.3, -0.25) is 19.4 Å². The Balaban J connectivity index is 1.72. The Morgan fingerprint density at radius 1 is 1.21 bits per heavy atom. The number of aliphatic hydroxyl groups is 1. The summed E-state index contributed by atoms with van der Waals surface area (Å²) in [5.74, 6) is 0.109. The predicted octanol–water partition coefficient (Wildman–Crippen LogP) is 3.48. The average Bonchev–Trinajstić information content (AvgIpc) is 2.83. The van der Waals surface area contributed by atoms with Crippen LogP contribution in [0.2, 0.25) is 5.02 Å². The van der Waals surface area contributed by atoms with Crippen molar-refractivity contribution in [2.75, 3.05) is 18.3 Å². The first kappa shape index (κ1) is 24.6. The van der Waals surface area contributed by atoms with Crippen LogP contribution in [-0.2, 0) is 21.0 Å². The number of nitrogens with one attached hydrogen (secondary N) is 1. The van der Waals surface area contributed by atoms with Crippen molar-refractivity contribution >= 4 is 40.5 Å². The standard InChI is InChI=1S/C24H27ClN4O4/c1-18(32)29(27-15-21-9-4-5-11-23(21)25)22(10-6-12-30)16-33-28(17-31)24-13-19-7-2-3-8-20(19)14-26-24/h2-5,7-9,11,13-14,17,22,27,30H,6,10,12,15-16H2,1H3/t22-/m0/s1. The van der Waals surface area contributed by atoms with Crippen LogP contribution in [0.5, 0.6) is 0 Å². The van der Waals surface area contributed by atoms with Gasteiger partial charge < -0.3 is 5.11 Å². The molecule has 0 aliphatic heterocycles. The summed E-state index contributed by atoms with van der Waals surface area (Å²) in [5.41, 5.74) is 3.94. The van der Waals surface area contributed by atoms with Gasteiger partial charge in [0.15, 0.2) is 5.82 Å². The van der Waals surface area contributed by atoms with Gasteiger partial charge in [-0.25, -0.2) is 10.4 Å². The van der Waals surface area contributed by atoms with Crippen LogP contribution in [0.25, 0.3) is 10.8 Å². The number of hydroxylamine groups is 1. The van der Waals surface area contributed by atoms with Crippen molar-refractivity contribution in [3.8, 4) is 0 Å². The van der Waals surface area contributed by atoms with E-state index in [0.717, 1.165) is 21.4 Å². The molecule has 0 radical (unpaired) electrons. The molecule has 0 aliphatic carbocycles. The molecular formula is C24H27ClN4O4. The van der Waals surface area contributed by atoms with Crippen LogP contribution in [0.4, 0.5) is 5.82 Å². The number of anilines is 1. The number of carbonyl (C=O) groups excluding carboxylic acids is 2. The van der Waals surface area contributed by atoms with Gasteiger partial charge in [0.1, 0.15) is 0 Å². The maximum atomic E-state index is 12.4. The lowest BCUT2D eigenvalue weighted by Gasteiger charge is -2.32. The largest absolute Gasteiger partial charge is 0.396 e. The maximum absolute atomic E-state index is 12.4. The van der Waals surface area contributed by atoms with Gasteiger partial charge in [-0.15, -0.1) is 0 Å². The molecule has 0 unspecified atom stereocenters.